The highest BCUT2D eigenvalue weighted by Crippen LogP contribution is 2.42. The van der Waals surface area contributed by atoms with E-state index in [4.69, 9.17) is 20.9 Å². The van der Waals surface area contributed by atoms with Gasteiger partial charge in [0.25, 0.3) is 11.5 Å². The molecule has 2 atom stereocenters. The molecular weight excluding hydrogens is 519 g/mol. The molecule has 0 radical (unpaired) electrons. The Morgan fingerprint density at radius 3 is 2.76 bits per heavy atom. The Morgan fingerprint density at radius 1 is 1.32 bits per heavy atom. The van der Waals surface area contributed by atoms with Crippen LogP contribution in [0.1, 0.15) is 51.9 Å². The van der Waals surface area contributed by atoms with Crippen molar-refractivity contribution in [3.8, 4) is 5.75 Å². The number of ether oxygens (including phenoxy) is 1. The minimum atomic E-state index is -0.833. The number of hydrogen-bond acceptors (Lipinski definition) is 8. The molecule has 38 heavy (non-hydrogen) atoms. The number of carbonyl (C=O) groups excluding carboxylic acids is 1. The van der Waals surface area contributed by atoms with Gasteiger partial charge >= 0.3 is 0 Å². The number of aromatic nitrogens is 5. The maximum absolute atomic E-state index is 14.4. The molecule has 0 unspecified atom stereocenters. The van der Waals surface area contributed by atoms with Crippen molar-refractivity contribution in [2.45, 2.75) is 32.2 Å². The zero-order valence-electron chi connectivity index (χ0n) is 21.1. The van der Waals surface area contributed by atoms with Crippen molar-refractivity contribution in [2.75, 3.05) is 19.0 Å². The molecule has 4 aromatic rings. The van der Waals surface area contributed by atoms with Gasteiger partial charge in [-0.3, -0.25) is 18.8 Å². The van der Waals surface area contributed by atoms with E-state index in [1.54, 1.807) is 24.9 Å². The number of methoxy groups -OCH3 is 1. The Hall–Kier alpha value is -4.03. The number of benzene rings is 1. The molecule has 200 valence electrons. The first-order valence-corrected chi connectivity index (χ1v) is 12.0. The van der Waals surface area contributed by atoms with Crippen LogP contribution in [0.2, 0.25) is 5.02 Å². The van der Waals surface area contributed by atoms with Gasteiger partial charge in [0, 0.05) is 42.3 Å². The SMILES string of the molecule is COCCn1ncc([C@H](c2cc(F)ccc2Cl)[C@H](C)c2nc(C(=O)Nc3cnoc3)c(O)c(=O)n2C)c1C. The fraction of sp³-hybridized carbons (Fsp3) is 0.320. The fourth-order valence-corrected chi connectivity index (χ4v) is 4.64. The summed E-state index contributed by atoms with van der Waals surface area (Å²) in [5.41, 5.74) is 0.871. The number of rotatable bonds is 9. The van der Waals surface area contributed by atoms with Crippen molar-refractivity contribution in [3.05, 3.63) is 86.4 Å². The number of aromatic hydroxyl groups is 1. The quantitative estimate of drug-likeness (QED) is 0.326. The van der Waals surface area contributed by atoms with Crippen LogP contribution in [0.3, 0.4) is 0 Å². The summed E-state index contributed by atoms with van der Waals surface area (Å²) in [5.74, 6) is -3.23. The zero-order chi connectivity index (χ0) is 27.6. The lowest BCUT2D eigenvalue weighted by Crippen LogP contribution is -2.29. The second-order valence-electron chi connectivity index (χ2n) is 8.73. The molecular formula is C25H26ClFN6O5. The predicted molar refractivity (Wildman–Crippen MR) is 136 cm³/mol. The van der Waals surface area contributed by atoms with Gasteiger partial charge in [-0.15, -0.1) is 0 Å². The molecule has 3 aromatic heterocycles. The smallest absolute Gasteiger partial charge is 0.296 e. The van der Waals surface area contributed by atoms with E-state index in [9.17, 15) is 19.1 Å². The molecule has 1 amide bonds. The van der Waals surface area contributed by atoms with Gasteiger partial charge in [0.2, 0.25) is 5.75 Å². The van der Waals surface area contributed by atoms with Crippen LogP contribution >= 0.6 is 11.6 Å². The summed E-state index contributed by atoms with van der Waals surface area (Å²) in [7, 11) is 3.02. The van der Waals surface area contributed by atoms with E-state index >= 15 is 0 Å². The van der Waals surface area contributed by atoms with E-state index in [1.807, 2.05) is 6.92 Å². The summed E-state index contributed by atoms with van der Waals surface area (Å²) < 4.78 is 27.2. The van der Waals surface area contributed by atoms with Gasteiger partial charge in [-0.25, -0.2) is 9.37 Å². The van der Waals surface area contributed by atoms with Crippen LogP contribution in [0.15, 0.2) is 46.2 Å². The molecule has 4 rings (SSSR count). The van der Waals surface area contributed by atoms with Gasteiger partial charge < -0.3 is 19.7 Å². The largest absolute Gasteiger partial charge is 0.501 e. The van der Waals surface area contributed by atoms with Crippen molar-refractivity contribution in [1.82, 2.24) is 24.5 Å². The number of nitrogens with zero attached hydrogens (tertiary/aromatic N) is 5. The van der Waals surface area contributed by atoms with Gasteiger partial charge in [-0.05, 0) is 30.7 Å². The Morgan fingerprint density at radius 2 is 2.08 bits per heavy atom. The van der Waals surface area contributed by atoms with Gasteiger partial charge in [0.1, 0.15) is 23.6 Å². The first-order valence-electron chi connectivity index (χ1n) is 11.6. The average molecular weight is 545 g/mol. The van der Waals surface area contributed by atoms with Crippen LogP contribution in [0.4, 0.5) is 10.1 Å². The lowest BCUT2D eigenvalue weighted by atomic mass is 9.81. The normalized spacial score (nSPS) is 12.9. The van der Waals surface area contributed by atoms with E-state index in [0.29, 0.717) is 23.7 Å². The highest BCUT2D eigenvalue weighted by molar-refractivity contribution is 6.31. The maximum atomic E-state index is 14.4. The highest BCUT2D eigenvalue weighted by Gasteiger charge is 2.32. The monoisotopic (exact) mass is 544 g/mol. The maximum Gasteiger partial charge on any atom is 0.296 e. The van der Waals surface area contributed by atoms with Crippen LogP contribution in [0.5, 0.6) is 5.75 Å². The molecule has 0 saturated carbocycles. The minimum absolute atomic E-state index is 0.164. The van der Waals surface area contributed by atoms with Gasteiger partial charge in [0.05, 0.1) is 25.5 Å². The summed E-state index contributed by atoms with van der Waals surface area (Å²) in [6.07, 6.45) is 4.10. The predicted octanol–water partition coefficient (Wildman–Crippen LogP) is 3.61. The standard InChI is InChI=1S/C25H26ClFN6O5/c1-13(23-31-21(22(34)25(36)32(23)3)24(35)30-16-10-29-38-12-16)20(17-9-15(27)5-6-19(17)26)18-11-28-33(14(18)2)7-8-37-4/h5-6,9-13,20,34H,7-8H2,1-4H3,(H,30,35)/t13-,20-/m0/s1. The molecule has 11 nitrogen and oxygen atoms in total. The summed E-state index contributed by atoms with van der Waals surface area (Å²) >= 11 is 6.55. The molecule has 2 N–H and O–H groups in total. The van der Waals surface area contributed by atoms with Crippen molar-refractivity contribution < 1.29 is 23.6 Å². The Balaban J connectivity index is 1.86. The minimum Gasteiger partial charge on any atom is -0.501 e. The number of hydrogen-bond donors (Lipinski definition) is 2. The number of anilines is 1. The molecule has 3 heterocycles. The number of halogens is 2. The fourth-order valence-electron chi connectivity index (χ4n) is 4.41. The van der Waals surface area contributed by atoms with Gasteiger partial charge in [-0.1, -0.05) is 23.7 Å². The average Bonchev–Trinajstić information content (AvgIpc) is 3.53. The molecule has 0 fully saturated rings. The van der Waals surface area contributed by atoms with E-state index in [0.717, 1.165) is 15.8 Å². The molecule has 0 spiro atoms. The highest BCUT2D eigenvalue weighted by atomic mass is 35.5. The zero-order valence-corrected chi connectivity index (χ0v) is 21.9. The molecule has 1 aromatic carbocycles. The molecule has 13 heteroatoms. The molecule has 0 bridgehead atoms. The summed E-state index contributed by atoms with van der Waals surface area (Å²) in [6, 6.07) is 4.04. The first kappa shape index (κ1) is 27.0. The van der Waals surface area contributed by atoms with Crippen molar-refractivity contribution in [3.63, 3.8) is 0 Å². The summed E-state index contributed by atoms with van der Waals surface area (Å²) in [4.78, 5) is 30.3. The summed E-state index contributed by atoms with van der Waals surface area (Å²) in [6.45, 7) is 4.56. The van der Waals surface area contributed by atoms with E-state index in [-0.39, 0.29) is 11.5 Å². The van der Waals surface area contributed by atoms with Gasteiger partial charge in [-0.2, -0.15) is 5.10 Å². The number of amides is 1. The Kier molecular flexibility index (Phi) is 7.93. The number of carbonyl (C=O) groups is 1. The summed E-state index contributed by atoms with van der Waals surface area (Å²) in [5, 5.41) is 21.2. The van der Waals surface area contributed by atoms with Crippen molar-refractivity contribution in [1.29, 1.82) is 0 Å². The van der Waals surface area contributed by atoms with E-state index < -0.39 is 40.6 Å². The Bertz CT molecular complexity index is 1520. The lowest BCUT2D eigenvalue weighted by Gasteiger charge is -2.27. The second-order valence-corrected chi connectivity index (χ2v) is 9.14. The van der Waals surface area contributed by atoms with E-state index in [2.05, 4.69) is 20.6 Å². The van der Waals surface area contributed by atoms with Gasteiger partial charge in [0.15, 0.2) is 5.69 Å². The van der Waals surface area contributed by atoms with Crippen LogP contribution in [-0.2, 0) is 18.3 Å². The Labute approximate surface area is 221 Å². The first-order chi connectivity index (χ1) is 18.1. The molecule has 0 aliphatic rings. The van der Waals surface area contributed by atoms with Crippen LogP contribution in [0, 0.1) is 12.7 Å². The van der Waals surface area contributed by atoms with Crippen LogP contribution in [-0.4, -0.2) is 49.2 Å². The number of nitrogens with one attached hydrogen (secondary N) is 1. The topological polar surface area (TPSA) is 137 Å². The lowest BCUT2D eigenvalue weighted by molar-refractivity contribution is 0.101. The molecule has 0 aliphatic carbocycles. The molecule has 0 saturated heterocycles. The third-order valence-electron chi connectivity index (χ3n) is 6.39. The van der Waals surface area contributed by atoms with Crippen molar-refractivity contribution >= 4 is 23.2 Å². The molecule has 0 aliphatic heterocycles. The second kappa shape index (κ2) is 11.2. The van der Waals surface area contributed by atoms with Crippen LogP contribution < -0.4 is 10.9 Å². The van der Waals surface area contributed by atoms with Crippen molar-refractivity contribution in [2.24, 2.45) is 7.05 Å². The third-order valence-corrected chi connectivity index (χ3v) is 6.73. The van der Waals surface area contributed by atoms with Crippen LogP contribution in [0.25, 0.3) is 0 Å². The van der Waals surface area contributed by atoms with E-state index in [1.165, 1.54) is 37.7 Å². The third kappa shape index (κ3) is 5.18.